The lowest BCUT2D eigenvalue weighted by atomic mass is 9.92. The summed E-state index contributed by atoms with van der Waals surface area (Å²) in [7, 11) is 0. The van der Waals surface area contributed by atoms with Gasteiger partial charge in [-0.1, -0.05) is 6.07 Å². The van der Waals surface area contributed by atoms with Crippen molar-refractivity contribution in [1.29, 1.82) is 0 Å². The maximum atomic E-state index is 12.5. The van der Waals surface area contributed by atoms with E-state index >= 15 is 0 Å². The fourth-order valence-electron chi connectivity index (χ4n) is 2.65. The molecule has 0 saturated heterocycles. The number of aliphatic imine (C=N–C) groups is 1. The second kappa shape index (κ2) is 7.47. The van der Waals surface area contributed by atoms with Gasteiger partial charge in [0, 0.05) is 17.6 Å². The molecule has 1 aliphatic heterocycles. The van der Waals surface area contributed by atoms with Crippen molar-refractivity contribution in [2.24, 2.45) is 10.7 Å². The number of nitrogens with one attached hydrogen (secondary N) is 3. The molecule has 0 spiro atoms. The summed E-state index contributed by atoms with van der Waals surface area (Å²) < 4.78 is 0. The van der Waals surface area contributed by atoms with Gasteiger partial charge < -0.3 is 21.7 Å². The third kappa shape index (κ3) is 3.83. The monoisotopic (exact) mass is 380 g/mol. The summed E-state index contributed by atoms with van der Waals surface area (Å²) in [6.07, 6.45) is 2.92. The Labute approximate surface area is 161 Å². The first-order chi connectivity index (χ1) is 13.3. The van der Waals surface area contributed by atoms with Gasteiger partial charge in [-0.05, 0) is 49.7 Å². The summed E-state index contributed by atoms with van der Waals surface area (Å²) in [6.45, 7) is 3.41. The molecule has 2 atom stereocenters. The van der Waals surface area contributed by atoms with Crippen molar-refractivity contribution in [3.05, 3.63) is 53.9 Å². The molecule has 0 saturated carbocycles. The van der Waals surface area contributed by atoms with E-state index in [-0.39, 0.29) is 5.91 Å². The van der Waals surface area contributed by atoms with Crippen LogP contribution in [-0.2, 0) is 9.59 Å². The number of nitrogens with two attached hydrogens (primary N) is 1. The van der Waals surface area contributed by atoms with Gasteiger partial charge in [-0.15, -0.1) is 0 Å². The molecule has 2 unspecified atom stereocenters. The number of hydrogen-bond acceptors (Lipinski definition) is 6. The van der Waals surface area contributed by atoms with Crippen LogP contribution in [-0.4, -0.2) is 40.6 Å². The van der Waals surface area contributed by atoms with Gasteiger partial charge in [0.15, 0.2) is 6.04 Å². The molecule has 9 heteroatoms. The first-order valence-corrected chi connectivity index (χ1v) is 8.54. The Hall–Kier alpha value is -3.75. The molecule has 0 aliphatic carbocycles. The quantitative estimate of drug-likeness (QED) is 0.608. The van der Waals surface area contributed by atoms with E-state index in [4.69, 9.17) is 5.73 Å². The predicted octanol–water partition coefficient (Wildman–Crippen LogP) is 0.825. The first-order valence-electron chi connectivity index (χ1n) is 8.54. The van der Waals surface area contributed by atoms with E-state index in [1.54, 1.807) is 42.6 Å². The van der Waals surface area contributed by atoms with Gasteiger partial charge in [-0.25, -0.2) is 0 Å². The van der Waals surface area contributed by atoms with Gasteiger partial charge in [-0.2, -0.15) is 0 Å². The zero-order valence-electron chi connectivity index (χ0n) is 15.4. The molecule has 0 bridgehead atoms. The van der Waals surface area contributed by atoms with Gasteiger partial charge in [0.1, 0.15) is 11.2 Å². The van der Waals surface area contributed by atoms with Crippen molar-refractivity contribution in [2.45, 2.75) is 25.4 Å². The molecular formula is C19H20N6O3. The van der Waals surface area contributed by atoms with E-state index in [1.165, 1.54) is 13.3 Å². The number of benzene rings is 1. The fraction of sp³-hybridized carbons (Fsp3) is 0.211. The van der Waals surface area contributed by atoms with Gasteiger partial charge in [0.25, 0.3) is 11.8 Å². The number of aromatic nitrogens is 1. The lowest BCUT2D eigenvalue weighted by Gasteiger charge is -2.26. The fourth-order valence-corrected chi connectivity index (χ4v) is 2.65. The number of primary amides is 1. The highest BCUT2D eigenvalue weighted by Crippen LogP contribution is 2.20. The smallest absolute Gasteiger partial charge is 0.274 e. The average Bonchev–Trinajstić information content (AvgIpc) is 3.07. The molecule has 0 fully saturated rings. The van der Waals surface area contributed by atoms with E-state index < -0.39 is 23.4 Å². The van der Waals surface area contributed by atoms with Crippen LogP contribution in [0.5, 0.6) is 0 Å². The molecule has 28 heavy (non-hydrogen) atoms. The SMILES string of the molecule is Cc1ccc(C(=O)Nc2ccc(NC(=O)C3N=CNC3(C)C(N)=O)cc2)nc1. The molecule has 9 nitrogen and oxygen atoms in total. The second-order valence-corrected chi connectivity index (χ2v) is 6.63. The number of amides is 3. The summed E-state index contributed by atoms with van der Waals surface area (Å²) in [5.74, 6) is -1.48. The van der Waals surface area contributed by atoms with Gasteiger partial charge >= 0.3 is 0 Å². The van der Waals surface area contributed by atoms with Crippen LogP contribution in [0.2, 0.25) is 0 Å². The maximum absolute atomic E-state index is 12.5. The third-order valence-corrected chi connectivity index (χ3v) is 4.45. The molecule has 1 aliphatic rings. The van der Waals surface area contributed by atoms with Crippen molar-refractivity contribution in [1.82, 2.24) is 10.3 Å². The van der Waals surface area contributed by atoms with Crippen LogP contribution in [0.15, 0.2) is 47.6 Å². The Morgan fingerprint density at radius 1 is 1.07 bits per heavy atom. The topological polar surface area (TPSA) is 139 Å². The lowest BCUT2D eigenvalue weighted by molar-refractivity contribution is -0.128. The Bertz CT molecular complexity index is 939. The zero-order chi connectivity index (χ0) is 20.3. The van der Waals surface area contributed by atoms with E-state index in [2.05, 4.69) is 25.9 Å². The number of carbonyl (C=O) groups excluding carboxylic acids is 3. The lowest BCUT2D eigenvalue weighted by Crippen LogP contribution is -2.59. The molecule has 3 amide bonds. The maximum Gasteiger partial charge on any atom is 0.274 e. The minimum absolute atomic E-state index is 0.306. The minimum Gasteiger partial charge on any atom is -0.368 e. The zero-order valence-corrected chi connectivity index (χ0v) is 15.4. The summed E-state index contributed by atoms with van der Waals surface area (Å²) in [5, 5.41) is 8.14. The normalized spacial score (nSPS) is 20.3. The number of anilines is 2. The summed E-state index contributed by atoms with van der Waals surface area (Å²) >= 11 is 0. The van der Waals surface area contributed by atoms with Crippen LogP contribution < -0.4 is 21.7 Å². The van der Waals surface area contributed by atoms with Crippen molar-refractivity contribution in [2.75, 3.05) is 10.6 Å². The third-order valence-electron chi connectivity index (χ3n) is 4.45. The van der Waals surface area contributed by atoms with Gasteiger partial charge in [-0.3, -0.25) is 24.4 Å². The Balaban J connectivity index is 1.63. The summed E-state index contributed by atoms with van der Waals surface area (Å²) in [4.78, 5) is 44.3. The van der Waals surface area contributed by atoms with Crippen molar-refractivity contribution in [3.8, 4) is 0 Å². The van der Waals surface area contributed by atoms with Crippen LogP contribution in [0.1, 0.15) is 23.0 Å². The van der Waals surface area contributed by atoms with Crippen LogP contribution in [0.25, 0.3) is 0 Å². The number of pyridine rings is 1. The van der Waals surface area contributed by atoms with Crippen molar-refractivity contribution >= 4 is 35.4 Å². The molecule has 2 aromatic rings. The molecule has 1 aromatic carbocycles. The molecule has 0 radical (unpaired) electrons. The molecule has 3 rings (SSSR count). The highest BCUT2D eigenvalue weighted by molar-refractivity contribution is 6.05. The average molecular weight is 380 g/mol. The molecular weight excluding hydrogens is 360 g/mol. The number of carbonyl (C=O) groups is 3. The standard InChI is InChI=1S/C19H20N6O3/c1-11-3-8-14(21-9-11)16(26)24-12-4-6-13(7-5-12)25-17(27)15-19(2,18(20)28)23-10-22-15/h3-10,15H,1-2H3,(H2,20,28)(H,22,23)(H,24,26)(H,25,27). The molecule has 5 N–H and O–H groups in total. The summed E-state index contributed by atoms with van der Waals surface area (Å²) in [6, 6.07) is 9.02. The Morgan fingerprint density at radius 3 is 2.29 bits per heavy atom. The largest absolute Gasteiger partial charge is 0.368 e. The van der Waals surface area contributed by atoms with E-state index in [9.17, 15) is 14.4 Å². The van der Waals surface area contributed by atoms with E-state index in [0.29, 0.717) is 17.1 Å². The van der Waals surface area contributed by atoms with E-state index in [0.717, 1.165) is 5.56 Å². The first kappa shape index (κ1) is 19.0. The minimum atomic E-state index is -1.28. The van der Waals surface area contributed by atoms with Crippen LogP contribution in [0.4, 0.5) is 11.4 Å². The van der Waals surface area contributed by atoms with Crippen LogP contribution in [0, 0.1) is 6.92 Å². The number of hydrogen-bond donors (Lipinski definition) is 4. The second-order valence-electron chi connectivity index (χ2n) is 6.63. The highest BCUT2D eigenvalue weighted by atomic mass is 16.2. The van der Waals surface area contributed by atoms with Gasteiger partial charge in [0.05, 0.1) is 6.34 Å². The number of rotatable bonds is 5. The van der Waals surface area contributed by atoms with Crippen LogP contribution in [0.3, 0.4) is 0 Å². The summed E-state index contributed by atoms with van der Waals surface area (Å²) in [5.41, 5.74) is 6.40. The molecule has 144 valence electrons. The van der Waals surface area contributed by atoms with Crippen LogP contribution >= 0.6 is 0 Å². The number of nitrogens with zero attached hydrogens (tertiary/aromatic N) is 2. The van der Waals surface area contributed by atoms with Crippen molar-refractivity contribution in [3.63, 3.8) is 0 Å². The molecule has 2 heterocycles. The van der Waals surface area contributed by atoms with Crippen molar-refractivity contribution < 1.29 is 14.4 Å². The molecule has 1 aromatic heterocycles. The predicted molar refractivity (Wildman–Crippen MR) is 105 cm³/mol. The highest BCUT2D eigenvalue weighted by Gasteiger charge is 2.46. The number of aryl methyl sites for hydroxylation is 1. The Kier molecular flexibility index (Phi) is 5.08. The Morgan fingerprint density at radius 2 is 1.71 bits per heavy atom. The van der Waals surface area contributed by atoms with E-state index in [1.807, 2.05) is 6.92 Å². The van der Waals surface area contributed by atoms with Gasteiger partial charge in [0.2, 0.25) is 5.91 Å².